The fourth-order valence-electron chi connectivity index (χ4n) is 2.36. The average molecular weight is 337 g/mol. The Balaban J connectivity index is 1.49. The molecule has 2 N–H and O–H groups in total. The van der Waals surface area contributed by atoms with Gasteiger partial charge in [0.25, 0.3) is 5.91 Å². The quantitative estimate of drug-likeness (QED) is 0.662. The second-order valence-corrected chi connectivity index (χ2v) is 5.54. The van der Waals surface area contributed by atoms with E-state index in [-0.39, 0.29) is 5.91 Å². The standard InChI is InChI=1S/C17H19N7O/c1-12-10-13(2)24(23-12)16-6-5-15(21-22-16)19-8-9-20-17(25)14-4-3-7-18-11-14/h3-7,10-11H,8-9H2,1-2H3,(H,19,21)(H,20,25). The number of amides is 1. The van der Waals surface area contributed by atoms with Crippen molar-refractivity contribution in [2.75, 3.05) is 18.4 Å². The molecule has 0 spiro atoms. The number of hydrogen-bond acceptors (Lipinski definition) is 6. The number of anilines is 1. The highest BCUT2D eigenvalue weighted by Crippen LogP contribution is 2.10. The van der Waals surface area contributed by atoms with Gasteiger partial charge in [0.2, 0.25) is 0 Å². The molecule has 3 aromatic rings. The van der Waals surface area contributed by atoms with Gasteiger partial charge in [0.15, 0.2) is 5.82 Å². The largest absolute Gasteiger partial charge is 0.367 e. The lowest BCUT2D eigenvalue weighted by Crippen LogP contribution is -2.29. The van der Waals surface area contributed by atoms with Crippen molar-refractivity contribution in [3.8, 4) is 5.82 Å². The van der Waals surface area contributed by atoms with Crippen LogP contribution >= 0.6 is 0 Å². The van der Waals surface area contributed by atoms with E-state index in [4.69, 9.17) is 0 Å². The van der Waals surface area contributed by atoms with Crippen LogP contribution in [0.4, 0.5) is 5.82 Å². The van der Waals surface area contributed by atoms with E-state index in [1.165, 1.54) is 6.20 Å². The first-order valence-corrected chi connectivity index (χ1v) is 7.93. The highest BCUT2D eigenvalue weighted by molar-refractivity contribution is 5.93. The van der Waals surface area contributed by atoms with Gasteiger partial charge in [0.1, 0.15) is 5.82 Å². The van der Waals surface area contributed by atoms with Crippen molar-refractivity contribution in [2.45, 2.75) is 13.8 Å². The predicted octanol–water partition coefficient (Wildman–Crippen LogP) is 1.52. The van der Waals surface area contributed by atoms with Crippen molar-refractivity contribution in [3.63, 3.8) is 0 Å². The van der Waals surface area contributed by atoms with Gasteiger partial charge in [-0.05, 0) is 44.2 Å². The molecule has 3 aromatic heterocycles. The summed E-state index contributed by atoms with van der Waals surface area (Å²) in [6, 6.07) is 9.12. The van der Waals surface area contributed by atoms with Gasteiger partial charge in [-0.15, -0.1) is 10.2 Å². The summed E-state index contributed by atoms with van der Waals surface area (Å²) >= 11 is 0. The summed E-state index contributed by atoms with van der Waals surface area (Å²) in [7, 11) is 0. The Labute approximate surface area is 145 Å². The summed E-state index contributed by atoms with van der Waals surface area (Å²) < 4.78 is 1.75. The predicted molar refractivity (Wildman–Crippen MR) is 93.7 cm³/mol. The first-order valence-electron chi connectivity index (χ1n) is 7.93. The Morgan fingerprint density at radius 3 is 2.68 bits per heavy atom. The number of rotatable bonds is 6. The summed E-state index contributed by atoms with van der Waals surface area (Å²) in [6.45, 7) is 4.92. The molecular weight excluding hydrogens is 318 g/mol. The van der Waals surface area contributed by atoms with Gasteiger partial charge in [0, 0.05) is 31.2 Å². The van der Waals surface area contributed by atoms with Crippen LogP contribution in [0.5, 0.6) is 0 Å². The Hall–Kier alpha value is -3.29. The lowest BCUT2D eigenvalue weighted by atomic mass is 10.3. The smallest absolute Gasteiger partial charge is 0.252 e. The van der Waals surface area contributed by atoms with E-state index in [1.807, 2.05) is 32.0 Å². The number of nitrogens with zero attached hydrogens (tertiary/aromatic N) is 5. The molecule has 0 aliphatic heterocycles. The molecule has 0 unspecified atom stereocenters. The van der Waals surface area contributed by atoms with Crippen LogP contribution in [0.3, 0.4) is 0 Å². The Morgan fingerprint density at radius 2 is 2.04 bits per heavy atom. The molecule has 0 saturated heterocycles. The molecule has 3 rings (SSSR count). The SMILES string of the molecule is Cc1cc(C)n(-c2ccc(NCCNC(=O)c3cccnc3)nn2)n1. The fourth-order valence-corrected chi connectivity index (χ4v) is 2.36. The van der Waals surface area contributed by atoms with Gasteiger partial charge in [-0.25, -0.2) is 4.68 Å². The van der Waals surface area contributed by atoms with E-state index in [2.05, 4.69) is 30.9 Å². The van der Waals surface area contributed by atoms with Crippen molar-refractivity contribution >= 4 is 11.7 Å². The molecule has 0 bridgehead atoms. The zero-order valence-corrected chi connectivity index (χ0v) is 14.1. The minimum absolute atomic E-state index is 0.152. The van der Waals surface area contributed by atoms with Crippen molar-refractivity contribution in [3.05, 3.63) is 59.7 Å². The van der Waals surface area contributed by atoms with Gasteiger partial charge in [-0.1, -0.05) is 0 Å². The maximum atomic E-state index is 11.9. The summed E-state index contributed by atoms with van der Waals surface area (Å²) in [6.07, 6.45) is 3.17. The van der Waals surface area contributed by atoms with Crippen LogP contribution in [0.25, 0.3) is 5.82 Å². The molecule has 3 heterocycles. The third kappa shape index (κ3) is 4.17. The minimum atomic E-state index is -0.152. The maximum Gasteiger partial charge on any atom is 0.252 e. The zero-order valence-electron chi connectivity index (χ0n) is 14.1. The lowest BCUT2D eigenvalue weighted by molar-refractivity contribution is 0.0955. The lowest BCUT2D eigenvalue weighted by Gasteiger charge is -2.08. The Kier molecular flexibility index (Phi) is 4.98. The molecule has 1 amide bonds. The van der Waals surface area contributed by atoms with E-state index < -0.39 is 0 Å². The molecule has 0 aliphatic rings. The first kappa shape index (κ1) is 16.6. The van der Waals surface area contributed by atoms with Crippen molar-refractivity contribution in [2.24, 2.45) is 0 Å². The topological polar surface area (TPSA) is 97.6 Å². The number of aryl methyl sites for hydroxylation is 2. The van der Waals surface area contributed by atoms with Crippen LogP contribution in [0.2, 0.25) is 0 Å². The number of hydrogen-bond donors (Lipinski definition) is 2. The molecule has 0 aromatic carbocycles. The van der Waals surface area contributed by atoms with E-state index in [0.717, 1.165) is 11.4 Å². The molecule has 0 saturated carbocycles. The van der Waals surface area contributed by atoms with Crippen LogP contribution in [-0.2, 0) is 0 Å². The monoisotopic (exact) mass is 337 g/mol. The number of nitrogens with one attached hydrogen (secondary N) is 2. The zero-order chi connectivity index (χ0) is 17.6. The van der Waals surface area contributed by atoms with Crippen LogP contribution in [-0.4, -0.2) is 44.0 Å². The number of pyridine rings is 1. The summed E-state index contributed by atoms with van der Waals surface area (Å²) in [5.74, 6) is 1.16. The molecule has 0 fully saturated rings. The summed E-state index contributed by atoms with van der Waals surface area (Å²) in [4.78, 5) is 15.8. The van der Waals surface area contributed by atoms with Gasteiger partial charge in [-0.2, -0.15) is 5.10 Å². The van der Waals surface area contributed by atoms with E-state index in [9.17, 15) is 4.79 Å². The van der Waals surface area contributed by atoms with Crippen molar-refractivity contribution in [1.29, 1.82) is 0 Å². The molecule has 8 heteroatoms. The second-order valence-electron chi connectivity index (χ2n) is 5.54. The summed E-state index contributed by atoms with van der Waals surface area (Å²) in [5, 5.41) is 18.6. The Morgan fingerprint density at radius 1 is 1.16 bits per heavy atom. The highest BCUT2D eigenvalue weighted by atomic mass is 16.1. The van der Waals surface area contributed by atoms with E-state index in [1.54, 1.807) is 23.0 Å². The third-order valence-corrected chi connectivity index (χ3v) is 3.52. The van der Waals surface area contributed by atoms with E-state index in [0.29, 0.717) is 30.3 Å². The van der Waals surface area contributed by atoms with Gasteiger partial charge in [0.05, 0.1) is 11.3 Å². The summed E-state index contributed by atoms with van der Waals surface area (Å²) in [5.41, 5.74) is 2.48. The van der Waals surface area contributed by atoms with Gasteiger partial charge < -0.3 is 10.6 Å². The molecule has 25 heavy (non-hydrogen) atoms. The highest BCUT2D eigenvalue weighted by Gasteiger charge is 2.06. The molecule has 128 valence electrons. The molecule has 8 nitrogen and oxygen atoms in total. The fraction of sp³-hybridized carbons (Fsp3) is 0.235. The second kappa shape index (κ2) is 7.52. The van der Waals surface area contributed by atoms with E-state index >= 15 is 0 Å². The number of aromatic nitrogens is 5. The maximum absolute atomic E-state index is 11.9. The minimum Gasteiger partial charge on any atom is -0.367 e. The average Bonchev–Trinajstić information content (AvgIpc) is 2.98. The van der Waals surface area contributed by atoms with Crippen LogP contribution in [0.15, 0.2) is 42.7 Å². The number of carbonyl (C=O) groups is 1. The van der Waals surface area contributed by atoms with Crippen LogP contribution in [0, 0.1) is 13.8 Å². The van der Waals surface area contributed by atoms with Crippen LogP contribution < -0.4 is 10.6 Å². The van der Waals surface area contributed by atoms with Gasteiger partial charge in [-0.3, -0.25) is 9.78 Å². The molecule has 0 aliphatic carbocycles. The normalized spacial score (nSPS) is 10.5. The van der Waals surface area contributed by atoms with Crippen molar-refractivity contribution < 1.29 is 4.79 Å². The Bertz CT molecular complexity index is 843. The van der Waals surface area contributed by atoms with Crippen LogP contribution in [0.1, 0.15) is 21.7 Å². The third-order valence-electron chi connectivity index (χ3n) is 3.52. The first-order chi connectivity index (χ1) is 12.1. The molecular formula is C17H19N7O. The van der Waals surface area contributed by atoms with Gasteiger partial charge >= 0.3 is 0 Å². The molecule has 0 atom stereocenters. The number of carbonyl (C=O) groups excluding carboxylic acids is 1. The van der Waals surface area contributed by atoms with Crippen molar-refractivity contribution in [1.82, 2.24) is 30.3 Å². The molecule has 0 radical (unpaired) electrons.